The molecule has 31 heavy (non-hydrogen) atoms. The number of ether oxygens (including phenoxy) is 2. The summed E-state index contributed by atoms with van der Waals surface area (Å²) in [6, 6.07) is 21.3. The number of carbonyl (C=O) groups is 2. The van der Waals surface area contributed by atoms with Crippen LogP contribution < -0.4 is 10.1 Å². The molecule has 0 heterocycles. The van der Waals surface area contributed by atoms with Crippen LogP contribution in [0.25, 0.3) is 17.2 Å². The summed E-state index contributed by atoms with van der Waals surface area (Å²) < 4.78 is 23.8. The maximum atomic E-state index is 13.7. The summed E-state index contributed by atoms with van der Waals surface area (Å²) in [6.45, 7) is 1.49. The second kappa shape index (κ2) is 10.2. The second-order valence-electron chi connectivity index (χ2n) is 6.71. The van der Waals surface area contributed by atoms with Gasteiger partial charge in [0.25, 0.3) is 5.91 Å². The second-order valence-corrected chi connectivity index (χ2v) is 6.71. The Morgan fingerprint density at radius 3 is 2.42 bits per heavy atom. The summed E-state index contributed by atoms with van der Waals surface area (Å²) in [4.78, 5) is 24.6. The van der Waals surface area contributed by atoms with Crippen molar-refractivity contribution in [1.29, 1.82) is 0 Å². The fourth-order valence-corrected chi connectivity index (χ4v) is 2.91. The van der Waals surface area contributed by atoms with Crippen LogP contribution >= 0.6 is 0 Å². The SMILES string of the molecule is COc1ccc(/C=C/C(=O)O[C@H](C)C(=O)Nc2ccccc2-c2ccccc2)cc1F. The summed E-state index contributed by atoms with van der Waals surface area (Å²) in [5.74, 6) is -1.60. The van der Waals surface area contributed by atoms with Gasteiger partial charge in [-0.1, -0.05) is 54.6 Å². The first-order valence-corrected chi connectivity index (χ1v) is 9.65. The number of methoxy groups -OCH3 is 1. The monoisotopic (exact) mass is 419 g/mol. The van der Waals surface area contributed by atoms with E-state index in [-0.39, 0.29) is 5.75 Å². The molecule has 3 aromatic rings. The quantitative estimate of drug-likeness (QED) is 0.428. The molecular formula is C25H22FNO4. The number of hydrogen-bond donors (Lipinski definition) is 1. The Kier molecular flexibility index (Phi) is 7.17. The number of anilines is 1. The highest BCUT2D eigenvalue weighted by molar-refractivity contribution is 5.99. The normalized spacial score (nSPS) is 11.7. The van der Waals surface area contributed by atoms with E-state index in [4.69, 9.17) is 9.47 Å². The third-order valence-corrected chi connectivity index (χ3v) is 4.52. The van der Waals surface area contributed by atoms with Gasteiger partial charge in [0.2, 0.25) is 0 Å². The van der Waals surface area contributed by atoms with Gasteiger partial charge >= 0.3 is 5.97 Å². The maximum absolute atomic E-state index is 13.7. The zero-order valence-corrected chi connectivity index (χ0v) is 17.2. The van der Waals surface area contributed by atoms with Crippen molar-refractivity contribution < 1.29 is 23.5 Å². The Bertz CT molecular complexity index is 1100. The van der Waals surface area contributed by atoms with Crippen LogP contribution in [0.3, 0.4) is 0 Å². The molecule has 1 amide bonds. The van der Waals surface area contributed by atoms with Gasteiger partial charge in [-0.3, -0.25) is 4.79 Å². The van der Waals surface area contributed by atoms with Gasteiger partial charge in [0, 0.05) is 17.3 Å². The lowest BCUT2D eigenvalue weighted by atomic mass is 10.0. The third-order valence-electron chi connectivity index (χ3n) is 4.52. The molecule has 0 spiro atoms. The van der Waals surface area contributed by atoms with Gasteiger partial charge in [-0.2, -0.15) is 0 Å². The summed E-state index contributed by atoms with van der Waals surface area (Å²) in [5, 5.41) is 2.80. The molecule has 0 bridgehead atoms. The first-order valence-electron chi connectivity index (χ1n) is 9.65. The molecule has 0 aliphatic heterocycles. The lowest BCUT2D eigenvalue weighted by Gasteiger charge is -2.15. The molecule has 1 atom stereocenters. The maximum Gasteiger partial charge on any atom is 0.331 e. The van der Waals surface area contributed by atoms with Crippen molar-refractivity contribution in [2.75, 3.05) is 12.4 Å². The standard InChI is InChI=1S/C25H22FNO4/c1-17(31-24(28)15-13-18-12-14-23(30-2)21(26)16-18)25(29)27-22-11-7-6-10-20(22)19-8-4-3-5-9-19/h3-17H,1-2H3,(H,27,29)/b15-13+/t17-/m1/s1. The molecule has 0 unspecified atom stereocenters. The minimum absolute atomic E-state index is 0.112. The van der Waals surface area contributed by atoms with E-state index in [1.807, 2.05) is 48.5 Å². The van der Waals surface area contributed by atoms with Crippen molar-refractivity contribution in [3.8, 4) is 16.9 Å². The van der Waals surface area contributed by atoms with E-state index in [9.17, 15) is 14.0 Å². The van der Waals surface area contributed by atoms with Crippen molar-refractivity contribution in [2.45, 2.75) is 13.0 Å². The van der Waals surface area contributed by atoms with Crippen molar-refractivity contribution >= 4 is 23.6 Å². The molecule has 1 N–H and O–H groups in total. The van der Waals surface area contributed by atoms with Gasteiger partial charge in [-0.15, -0.1) is 0 Å². The number of nitrogens with one attached hydrogen (secondary N) is 1. The Balaban J connectivity index is 1.62. The fourth-order valence-electron chi connectivity index (χ4n) is 2.91. The topological polar surface area (TPSA) is 64.6 Å². The molecule has 5 nitrogen and oxygen atoms in total. The summed E-state index contributed by atoms with van der Waals surface area (Å²) >= 11 is 0. The Morgan fingerprint density at radius 2 is 1.71 bits per heavy atom. The molecule has 6 heteroatoms. The Labute approximate surface area is 180 Å². The number of para-hydroxylation sites is 1. The highest BCUT2D eigenvalue weighted by Crippen LogP contribution is 2.27. The number of halogens is 1. The van der Waals surface area contributed by atoms with Crippen LogP contribution in [0.5, 0.6) is 5.75 Å². The first-order chi connectivity index (χ1) is 15.0. The van der Waals surface area contributed by atoms with E-state index in [1.54, 1.807) is 12.1 Å². The van der Waals surface area contributed by atoms with Gasteiger partial charge in [0.05, 0.1) is 7.11 Å². The van der Waals surface area contributed by atoms with E-state index in [0.717, 1.165) is 17.2 Å². The van der Waals surface area contributed by atoms with Crippen LogP contribution in [0.1, 0.15) is 12.5 Å². The molecule has 0 radical (unpaired) electrons. The van der Waals surface area contributed by atoms with E-state index < -0.39 is 23.8 Å². The zero-order valence-electron chi connectivity index (χ0n) is 17.2. The van der Waals surface area contributed by atoms with Crippen molar-refractivity contribution in [2.24, 2.45) is 0 Å². The fraction of sp³-hybridized carbons (Fsp3) is 0.120. The van der Waals surface area contributed by atoms with Crippen LogP contribution in [-0.4, -0.2) is 25.1 Å². The molecule has 0 aromatic heterocycles. The van der Waals surface area contributed by atoms with E-state index >= 15 is 0 Å². The van der Waals surface area contributed by atoms with Crippen molar-refractivity contribution in [1.82, 2.24) is 0 Å². The van der Waals surface area contributed by atoms with Crippen LogP contribution in [0.15, 0.2) is 78.9 Å². The lowest BCUT2D eigenvalue weighted by Crippen LogP contribution is -2.29. The lowest BCUT2D eigenvalue weighted by molar-refractivity contribution is -0.148. The smallest absolute Gasteiger partial charge is 0.331 e. The minimum atomic E-state index is -1.02. The predicted octanol–water partition coefficient (Wildman–Crippen LogP) is 5.08. The molecule has 0 fully saturated rings. The van der Waals surface area contributed by atoms with Gasteiger partial charge in [-0.05, 0) is 42.3 Å². The van der Waals surface area contributed by atoms with Gasteiger partial charge < -0.3 is 14.8 Å². The summed E-state index contributed by atoms with van der Waals surface area (Å²) in [5.41, 5.74) is 2.89. The molecule has 158 valence electrons. The van der Waals surface area contributed by atoms with Crippen molar-refractivity contribution in [3.05, 3.63) is 90.3 Å². The summed E-state index contributed by atoms with van der Waals surface area (Å²) in [7, 11) is 1.37. The number of carbonyl (C=O) groups excluding carboxylic acids is 2. The molecule has 0 aliphatic rings. The van der Waals surface area contributed by atoms with Crippen LogP contribution in [0.2, 0.25) is 0 Å². The van der Waals surface area contributed by atoms with E-state index in [1.165, 1.54) is 32.2 Å². The highest BCUT2D eigenvalue weighted by Gasteiger charge is 2.18. The molecule has 0 saturated heterocycles. The molecule has 0 saturated carbocycles. The summed E-state index contributed by atoms with van der Waals surface area (Å²) in [6.07, 6.45) is 1.52. The number of benzene rings is 3. The van der Waals surface area contributed by atoms with Gasteiger partial charge in [0.1, 0.15) is 0 Å². The Morgan fingerprint density at radius 1 is 1.00 bits per heavy atom. The van der Waals surface area contributed by atoms with E-state index in [2.05, 4.69) is 5.32 Å². The number of rotatable bonds is 7. The number of esters is 1. The predicted molar refractivity (Wildman–Crippen MR) is 118 cm³/mol. The third kappa shape index (κ3) is 5.79. The van der Waals surface area contributed by atoms with E-state index in [0.29, 0.717) is 11.3 Å². The van der Waals surface area contributed by atoms with Gasteiger partial charge in [-0.25, -0.2) is 9.18 Å². The average Bonchev–Trinajstić information content (AvgIpc) is 2.78. The molecular weight excluding hydrogens is 397 g/mol. The zero-order chi connectivity index (χ0) is 22.2. The average molecular weight is 419 g/mol. The highest BCUT2D eigenvalue weighted by atomic mass is 19.1. The van der Waals surface area contributed by atoms with Gasteiger partial charge in [0.15, 0.2) is 17.7 Å². The van der Waals surface area contributed by atoms with Crippen LogP contribution in [0, 0.1) is 5.82 Å². The van der Waals surface area contributed by atoms with Crippen molar-refractivity contribution in [3.63, 3.8) is 0 Å². The minimum Gasteiger partial charge on any atom is -0.494 e. The number of hydrogen-bond acceptors (Lipinski definition) is 4. The first kappa shape index (κ1) is 21.8. The molecule has 0 aliphatic carbocycles. The van der Waals surface area contributed by atoms with Crippen LogP contribution in [0.4, 0.5) is 10.1 Å². The number of amides is 1. The van der Waals surface area contributed by atoms with Crippen LogP contribution in [-0.2, 0) is 14.3 Å². The largest absolute Gasteiger partial charge is 0.494 e. The Hall–Kier alpha value is -3.93. The molecule has 3 rings (SSSR count). The molecule has 3 aromatic carbocycles.